The van der Waals surface area contributed by atoms with Gasteiger partial charge in [-0.25, -0.2) is 0 Å². The molecule has 2 heteroatoms. The third-order valence-electron chi connectivity index (χ3n) is 3.72. The Morgan fingerprint density at radius 3 is 2.40 bits per heavy atom. The maximum atomic E-state index is 3.60. The van der Waals surface area contributed by atoms with Gasteiger partial charge in [0.2, 0.25) is 0 Å². The Bertz CT molecular complexity index is 399. The molecule has 20 heavy (non-hydrogen) atoms. The predicted octanol–water partition coefficient (Wildman–Crippen LogP) is 5.41. The Balaban J connectivity index is 2.14. The lowest BCUT2D eigenvalue weighted by Gasteiger charge is -2.09. The van der Waals surface area contributed by atoms with Crippen molar-refractivity contribution in [1.82, 2.24) is 5.32 Å². The molecule has 0 aromatic heterocycles. The molecule has 1 nitrogen and oxygen atoms in total. The van der Waals surface area contributed by atoms with Crippen LogP contribution in [0.15, 0.2) is 16.6 Å². The van der Waals surface area contributed by atoms with Gasteiger partial charge >= 0.3 is 0 Å². The van der Waals surface area contributed by atoms with Gasteiger partial charge in [0.15, 0.2) is 0 Å². The Kier molecular flexibility index (Phi) is 8.47. The van der Waals surface area contributed by atoms with Crippen LogP contribution in [0.2, 0.25) is 0 Å². The van der Waals surface area contributed by atoms with Crippen molar-refractivity contribution in [2.45, 2.75) is 59.8 Å². The number of unbranched alkanes of at least 4 members (excludes halogenated alkanes) is 3. The molecule has 0 atom stereocenters. The Morgan fingerprint density at radius 2 is 1.70 bits per heavy atom. The molecule has 0 amide bonds. The summed E-state index contributed by atoms with van der Waals surface area (Å²) in [6.45, 7) is 11.2. The number of rotatable bonds is 9. The first-order valence-corrected chi connectivity index (χ1v) is 8.76. The molecular weight excluding hydrogens is 310 g/mol. The lowest BCUT2D eigenvalue weighted by Crippen LogP contribution is -2.20. The maximum Gasteiger partial charge on any atom is 0.0207 e. The highest BCUT2D eigenvalue weighted by atomic mass is 79.9. The van der Waals surface area contributed by atoms with Crippen molar-refractivity contribution in [3.05, 3.63) is 33.3 Å². The van der Waals surface area contributed by atoms with E-state index in [0.717, 1.165) is 12.5 Å². The van der Waals surface area contributed by atoms with Crippen molar-refractivity contribution in [2.24, 2.45) is 5.92 Å². The van der Waals surface area contributed by atoms with Crippen LogP contribution in [0.5, 0.6) is 0 Å². The van der Waals surface area contributed by atoms with Gasteiger partial charge in [-0.15, -0.1) is 0 Å². The SMILES string of the molecule is Cc1cc(CCCCCCNCC(C)C)c(C)cc1Br. The highest BCUT2D eigenvalue weighted by molar-refractivity contribution is 9.10. The topological polar surface area (TPSA) is 12.0 Å². The van der Waals surface area contributed by atoms with Crippen molar-refractivity contribution in [2.75, 3.05) is 13.1 Å². The molecule has 1 aromatic rings. The Labute approximate surface area is 133 Å². The highest BCUT2D eigenvalue weighted by Crippen LogP contribution is 2.22. The monoisotopic (exact) mass is 339 g/mol. The standard InChI is InChI=1S/C18H30BrN/c1-14(2)13-20-10-8-6-5-7-9-17-11-16(4)18(19)12-15(17)3/h11-12,14,20H,5-10,13H2,1-4H3. The zero-order chi connectivity index (χ0) is 15.0. The minimum atomic E-state index is 0.763. The smallest absolute Gasteiger partial charge is 0.0207 e. The molecule has 1 N–H and O–H groups in total. The van der Waals surface area contributed by atoms with E-state index in [1.165, 1.54) is 59.8 Å². The highest BCUT2D eigenvalue weighted by Gasteiger charge is 2.02. The van der Waals surface area contributed by atoms with E-state index in [1.54, 1.807) is 0 Å². The molecule has 0 saturated carbocycles. The van der Waals surface area contributed by atoms with Gasteiger partial charge in [-0.2, -0.15) is 0 Å². The van der Waals surface area contributed by atoms with Gasteiger partial charge in [0.05, 0.1) is 0 Å². The molecule has 0 spiro atoms. The molecule has 0 radical (unpaired) electrons. The van der Waals surface area contributed by atoms with E-state index in [4.69, 9.17) is 0 Å². The summed E-state index contributed by atoms with van der Waals surface area (Å²) in [5.74, 6) is 0.763. The van der Waals surface area contributed by atoms with Crippen LogP contribution >= 0.6 is 15.9 Å². The van der Waals surface area contributed by atoms with E-state index >= 15 is 0 Å². The number of nitrogens with one attached hydrogen (secondary N) is 1. The van der Waals surface area contributed by atoms with Crippen LogP contribution < -0.4 is 5.32 Å². The molecule has 1 aromatic carbocycles. The van der Waals surface area contributed by atoms with Gasteiger partial charge in [0, 0.05) is 4.47 Å². The van der Waals surface area contributed by atoms with Crippen LogP contribution in [0.25, 0.3) is 0 Å². The van der Waals surface area contributed by atoms with Gasteiger partial charge in [-0.1, -0.05) is 48.7 Å². The zero-order valence-corrected chi connectivity index (χ0v) is 15.1. The van der Waals surface area contributed by atoms with E-state index in [1.807, 2.05) is 0 Å². The number of benzene rings is 1. The number of aryl methyl sites for hydroxylation is 3. The van der Waals surface area contributed by atoms with Gasteiger partial charge in [0.25, 0.3) is 0 Å². The number of hydrogen-bond donors (Lipinski definition) is 1. The second kappa shape index (κ2) is 9.57. The van der Waals surface area contributed by atoms with Gasteiger partial charge in [0.1, 0.15) is 0 Å². The fourth-order valence-electron chi connectivity index (χ4n) is 2.42. The molecule has 0 saturated heterocycles. The molecule has 0 fully saturated rings. The fraction of sp³-hybridized carbons (Fsp3) is 0.667. The lowest BCUT2D eigenvalue weighted by atomic mass is 9.99. The molecule has 0 unspecified atom stereocenters. The van der Waals surface area contributed by atoms with Crippen molar-refractivity contribution < 1.29 is 0 Å². The first-order chi connectivity index (χ1) is 9.50. The van der Waals surface area contributed by atoms with Gasteiger partial charge < -0.3 is 5.32 Å². The third-order valence-corrected chi connectivity index (χ3v) is 4.57. The van der Waals surface area contributed by atoms with Crippen molar-refractivity contribution in [3.8, 4) is 0 Å². The lowest BCUT2D eigenvalue weighted by molar-refractivity contribution is 0.526. The second-order valence-electron chi connectivity index (χ2n) is 6.29. The average Bonchev–Trinajstić information content (AvgIpc) is 2.38. The van der Waals surface area contributed by atoms with Crippen LogP contribution in [0.1, 0.15) is 56.2 Å². The molecule has 0 bridgehead atoms. The van der Waals surface area contributed by atoms with E-state index in [2.05, 4.69) is 61.1 Å². The van der Waals surface area contributed by atoms with Crippen LogP contribution in [0.4, 0.5) is 0 Å². The third kappa shape index (κ3) is 6.90. The van der Waals surface area contributed by atoms with E-state index in [-0.39, 0.29) is 0 Å². The van der Waals surface area contributed by atoms with Crippen molar-refractivity contribution in [3.63, 3.8) is 0 Å². The van der Waals surface area contributed by atoms with Gasteiger partial charge in [-0.3, -0.25) is 0 Å². The molecule has 1 rings (SSSR count). The first kappa shape index (κ1) is 17.7. The summed E-state index contributed by atoms with van der Waals surface area (Å²) in [6, 6.07) is 4.59. The Morgan fingerprint density at radius 1 is 1.00 bits per heavy atom. The average molecular weight is 340 g/mol. The quantitative estimate of drug-likeness (QED) is 0.592. The minimum Gasteiger partial charge on any atom is -0.316 e. The summed E-state index contributed by atoms with van der Waals surface area (Å²) < 4.78 is 1.23. The van der Waals surface area contributed by atoms with E-state index in [0.29, 0.717) is 0 Å². The second-order valence-corrected chi connectivity index (χ2v) is 7.14. The molecule has 0 aliphatic carbocycles. The van der Waals surface area contributed by atoms with Crippen molar-refractivity contribution >= 4 is 15.9 Å². The largest absolute Gasteiger partial charge is 0.316 e. The normalized spacial score (nSPS) is 11.3. The fourth-order valence-corrected chi connectivity index (χ4v) is 2.88. The van der Waals surface area contributed by atoms with Crippen LogP contribution in [-0.2, 0) is 6.42 Å². The molecular formula is C18H30BrN. The van der Waals surface area contributed by atoms with Crippen LogP contribution in [0.3, 0.4) is 0 Å². The Hall–Kier alpha value is -0.340. The molecule has 0 heterocycles. The van der Waals surface area contributed by atoms with Crippen LogP contribution in [0, 0.1) is 19.8 Å². The number of halogens is 1. The number of hydrogen-bond acceptors (Lipinski definition) is 1. The summed E-state index contributed by atoms with van der Waals surface area (Å²) in [5.41, 5.74) is 4.29. The molecule has 0 aliphatic heterocycles. The first-order valence-electron chi connectivity index (χ1n) is 7.97. The molecule has 0 aliphatic rings. The van der Waals surface area contributed by atoms with E-state index in [9.17, 15) is 0 Å². The molecule has 114 valence electrons. The summed E-state index contributed by atoms with van der Waals surface area (Å²) in [7, 11) is 0. The van der Waals surface area contributed by atoms with Gasteiger partial charge in [-0.05, 0) is 74.9 Å². The summed E-state index contributed by atoms with van der Waals surface area (Å²) >= 11 is 3.60. The summed E-state index contributed by atoms with van der Waals surface area (Å²) in [5, 5.41) is 3.51. The van der Waals surface area contributed by atoms with Crippen molar-refractivity contribution in [1.29, 1.82) is 0 Å². The zero-order valence-electron chi connectivity index (χ0n) is 13.6. The summed E-state index contributed by atoms with van der Waals surface area (Å²) in [4.78, 5) is 0. The summed E-state index contributed by atoms with van der Waals surface area (Å²) in [6.07, 6.45) is 6.54. The maximum absolute atomic E-state index is 3.60. The van der Waals surface area contributed by atoms with E-state index < -0.39 is 0 Å². The minimum absolute atomic E-state index is 0.763. The van der Waals surface area contributed by atoms with Crippen LogP contribution in [-0.4, -0.2) is 13.1 Å². The predicted molar refractivity (Wildman–Crippen MR) is 93.5 cm³/mol.